The van der Waals surface area contributed by atoms with E-state index in [-0.39, 0.29) is 24.1 Å². The first-order valence-corrected chi connectivity index (χ1v) is 18.4. The molecular weight excluding hydrogens is 658 g/mol. The first kappa shape index (κ1) is 34.4. The average molecular weight is 702 g/mol. The predicted molar refractivity (Wildman–Crippen MR) is 180 cm³/mol. The number of hydrogen-bond donors (Lipinski definition) is 3. The number of halogens is 1. The molecule has 0 radical (unpaired) electrons. The van der Waals surface area contributed by atoms with Gasteiger partial charge in [0.15, 0.2) is 5.60 Å². The van der Waals surface area contributed by atoms with E-state index in [0.717, 1.165) is 37.7 Å². The van der Waals surface area contributed by atoms with Crippen LogP contribution < -0.4 is 15.4 Å². The molecule has 2 saturated carbocycles. The molecule has 1 unspecified atom stereocenters. The molecular formula is C34H44ClN5O7S. The highest BCUT2D eigenvalue weighted by molar-refractivity contribution is 7.84. The molecule has 1 aromatic rings. The lowest BCUT2D eigenvalue weighted by atomic mass is 9.91. The predicted octanol–water partition coefficient (Wildman–Crippen LogP) is 4.03. The van der Waals surface area contributed by atoms with Gasteiger partial charge in [-0.25, -0.2) is 9.00 Å². The van der Waals surface area contributed by atoms with E-state index in [4.69, 9.17) is 21.2 Å². The number of rotatable bonds is 5. The summed E-state index contributed by atoms with van der Waals surface area (Å²) in [6.45, 7) is 5.28. The lowest BCUT2D eigenvalue weighted by Crippen LogP contribution is -2.58. The third-order valence-electron chi connectivity index (χ3n) is 9.49. The van der Waals surface area contributed by atoms with Crippen molar-refractivity contribution in [1.29, 1.82) is 0 Å². The molecule has 6 rings (SSSR count). The second-order valence-corrected chi connectivity index (χ2v) is 16.6. The monoisotopic (exact) mass is 701 g/mol. The molecule has 1 spiro atoms. The molecule has 2 aliphatic carbocycles. The molecule has 4 amide bonds. The van der Waals surface area contributed by atoms with Gasteiger partial charge in [-0.15, -0.1) is 0 Å². The van der Waals surface area contributed by atoms with Crippen LogP contribution in [0.2, 0.25) is 5.02 Å². The molecule has 3 aliphatic heterocycles. The summed E-state index contributed by atoms with van der Waals surface area (Å²) in [5, 5.41) is 10.6. The molecule has 3 heterocycles. The second-order valence-electron chi connectivity index (χ2n) is 14.6. The molecule has 1 saturated heterocycles. The van der Waals surface area contributed by atoms with E-state index in [1.165, 1.54) is 4.90 Å². The van der Waals surface area contributed by atoms with Crippen molar-refractivity contribution in [2.24, 2.45) is 11.1 Å². The van der Waals surface area contributed by atoms with Crippen molar-refractivity contribution in [3.05, 3.63) is 47.0 Å². The van der Waals surface area contributed by atoms with Crippen LogP contribution in [0.4, 0.5) is 4.79 Å². The Labute approximate surface area is 288 Å². The number of oxime groups is 1. The summed E-state index contributed by atoms with van der Waals surface area (Å²) in [6, 6.07) is 5.25. The minimum atomic E-state index is -1.53. The first-order chi connectivity index (χ1) is 22.8. The molecule has 260 valence electrons. The van der Waals surface area contributed by atoms with Gasteiger partial charge in [0.25, 0.3) is 5.91 Å². The van der Waals surface area contributed by atoms with Crippen LogP contribution in [0.1, 0.15) is 90.5 Å². The number of benzene rings is 1. The maximum atomic E-state index is 14.4. The number of amides is 4. The van der Waals surface area contributed by atoms with E-state index >= 15 is 0 Å². The highest BCUT2D eigenvalue weighted by atomic mass is 35.5. The normalized spacial score (nSPS) is 32.0. The van der Waals surface area contributed by atoms with Crippen molar-refractivity contribution in [3.63, 3.8) is 0 Å². The van der Waals surface area contributed by atoms with Gasteiger partial charge >= 0.3 is 6.09 Å². The maximum absolute atomic E-state index is 14.4. The van der Waals surface area contributed by atoms with Crippen LogP contribution in [-0.2, 0) is 34.9 Å². The highest BCUT2D eigenvalue weighted by Crippen LogP contribution is 2.47. The minimum Gasteiger partial charge on any atom is -0.444 e. The molecule has 12 nitrogen and oxygen atoms in total. The van der Waals surface area contributed by atoms with E-state index in [1.807, 2.05) is 24.3 Å². The average Bonchev–Trinajstić information content (AvgIpc) is 3.91. The Kier molecular flexibility index (Phi) is 9.65. The standard InChI is InChI=1S/C34H44ClN5O7S/c1-32(2,3)46-31(44)36-25-13-8-6-4-5-7-11-22-17-34(22,30(43)39-48(45)24-14-15-24)37-28(41)27-19-33(20-40(27)29(25)42)18-26(38-47-33)21-10-9-12-23(35)16-21/h7,9-12,16,22,24-25,27H,4-6,8,13-15,17-20H2,1-3H3,(H,36,44)(H,37,41)(H,39,43)/b11-7-/t22-,25+,27+,33-,34-,48?/m1/s1. The maximum Gasteiger partial charge on any atom is 0.408 e. The summed E-state index contributed by atoms with van der Waals surface area (Å²) in [7, 11) is -1.53. The molecule has 0 aromatic heterocycles. The quantitative estimate of drug-likeness (QED) is 0.392. The molecule has 5 aliphatic rings. The van der Waals surface area contributed by atoms with Crippen LogP contribution in [0.25, 0.3) is 0 Å². The van der Waals surface area contributed by atoms with E-state index in [2.05, 4.69) is 20.5 Å². The summed E-state index contributed by atoms with van der Waals surface area (Å²) in [4.78, 5) is 62.8. The molecule has 3 N–H and O–H groups in total. The SMILES string of the molecule is CC(C)(C)OC(=O)N[C@H]1CCCCC/C=C\[C@@H]2C[C@@]2(C(=O)NS(=O)C2CC2)NC(=O)[C@@H]2C[C@]3(CC(c4cccc(Cl)c4)=NO3)CN2C1=O. The molecule has 0 bridgehead atoms. The van der Waals surface area contributed by atoms with Gasteiger partial charge in [-0.2, -0.15) is 0 Å². The van der Waals surface area contributed by atoms with Gasteiger partial charge in [-0.05, 0) is 71.4 Å². The number of carbonyl (C=O) groups excluding carboxylic acids is 4. The number of fused-ring (bicyclic) bond motifs is 2. The fraction of sp³-hybridized carbons (Fsp3) is 0.618. The summed E-state index contributed by atoms with van der Waals surface area (Å²) in [5.74, 6) is -1.72. The van der Waals surface area contributed by atoms with Crippen LogP contribution in [0.15, 0.2) is 41.6 Å². The Morgan fingerprint density at radius 3 is 2.67 bits per heavy atom. The van der Waals surface area contributed by atoms with Crippen LogP contribution in [0, 0.1) is 5.92 Å². The van der Waals surface area contributed by atoms with Crippen molar-refractivity contribution in [3.8, 4) is 0 Å². The number of carbonyl (C=O) groups is 4. The van der Waals surface area contributed by atoms with E-state index in [1.54, 1.807) is 32.9 Å². The smallest absolute Gasteiger partial charge is 0.408 e. The van der Waals surface area contributed by atoms with Crippen molar-refractivity contribution < 1.29 is 33.0 Å². The van der Waals surface area contributed by atoms with Crippen molar-refractivity contribution >= 4 is 52.1 Å². The van der Waals surface area contributed by atoms with Crippen LogP contribution in [-0.4, -0.2) is 79.3 Å². The van der Waals surface area contributed by atoms with Crippen LogP contribution in [0.5, 0.6) is 0 Å². The number of hydrogen-bond acceptors (Lipinski definition) is 8. The minimum absolute atomic E-state index is 0.0399. The van der Waals surface area contributed by atoms with E-state index in [9.17, 15) is 23.4 Å². The van der Waals surface area contributed by atoms with E-state index in [0.29, 0.717) is 36.4 Å². The Morgan fingerprint density at radius 1 is 1.15 bits per heavy atom. The number of nitrogens with zero attached hydrogens (tertiary/aromatic N) is 2. The van der Waals surface area contributed by atoms with Gasteiger partial charge in [0, 0.05) is 29.3 Å². The van der Waals surface area contributed by atoms with Crippen LogP contribution >= 0.6 is 11.6 Å². The zero-order valence-corrected chi connectivity index (χ0v) is 29.2. The Balaban J connectivity index is 1.29. The molecule has 6 atom stereocenters. The molecule has 14 heteroatoms. The Hall–Kier alpha value is -3.45. The number of nitrogens with one attached hydrogen (secondary N) is 3. The molecule has 3 fully saturated rings. The Bertz CT molecular complexity index is 1560. The number of alkyl carbamates (subject to hydrolysis) is 1. The van der Waals surface area contributed by atoms with Crippen molar-refractivity contribution in [1.82, 2.24) is 20.3 Å². The third kappa shape index (κ3) is 7.72. The highest BCUT2D eigenvalue weighted by Gasteiger charge is 2.62. The summed E-state index contributed by atoms with van der Waals surface area (Å²) >= 11 is 6.24. The van der Waals surface area contributed by atoms with Gasteiger partial charge in [-0.3, -0.25) is 19.1 Å². The molecule has 48 heavy (non-hydrogen) atoms. The van der Waals surface area contributed by atoms with Gasteiger partial charge in [0.05, 0.1) is 17.5 Å². The van der Waals surface area contributed by atoms with Crippen molar-refractivity contribution in [2.45, 2.75) is 119 Å². The largest absolute Gasteiger partial charge is 0.444 e. The van der Waals surface area contributed by atoms with Crippen molar-refractivity contribution in [2.75, 3.05) is 6.54 Å². The topological polar surface area (TPSA) is 156 Å². The zero-order chi connectivity index (χ0) is 34.3. The summed E-state index contributed by atoms with van der Waals surface area (Å²) < 4.78 is 20.8. The second kappa shape index (κ2) is 13.5. The first-order valence-electron chi connectivity index (χ1n) is 16.8. The summed E-state index contributed by atoms with van der Waals surface area (Å²) in [5.41, 5.74) is -1.65. The fourth-order valence-electron chi connectivity index (χ4n) is 6.74. The lowest BCUT2D eigenvalue weighted by molar-refractivity contribution is -0.141. The third-order valence-corrected chi connectivity index (χ3v) is 11.2. The van der Waals surface area contributed by atoms with Gasteiger partial charge in [0.1, 0.15) is 34.2 Å². The van der Waals surface area contributed by atoms with Gasteiger partial charge < -0.3 is 25.1 Å². The Morgan fingerprint density at radius 2 is 1.94 bits per heavy atom. The summed E-state index contributed by atoms with van der Waals surface area (Å²) in [6.07, 6.45) is 9.05. The number of ether oxygens (including phenoxy) is 1. The zero-order valence-electron chi connectivity index (χ0n) is 27.6. The molecule has 1 aromatic carbocycles. The van der Waals surface area contributed by atoms with Crippen LogP contribution in [0.3, 0.4) is 0 Å². The van der Waals surface area contributed by atoms with Gasteiger partial charge in [-0.1, -0.05) is 53.9 Å². The van der Waals surface area contributed by atoms with E-state index < -0.39 is 63.6 Å². The number of allylic oxidation sites excluding steroid dienone is 1. The van der Waals surface area contributed by atoms with Gasteiger partial charge in [0.2, 0.25) is 11.8 Å². The lowest BCUT2D eigenvalue weighted by Gasteiger charge is -2.30. The fourth-order valence-corrected chi connectivity index (χ4v) is 8.03.